The third kappa shape index (κ3) is 3.79. The first-order valence-corrected chi connectivity index (χ1v) is 8.57. The topological polar surface area (TPSA) is 21.3 Å². The SMILES string of the molecule is COc1ccc2c(c1)CC(NCCc1ccc(Cl)s1)CC2. The highest BCUT2D eigenvalue weighted by atomic mass is 35.5. The first kappa shape index (κ1) is 14.9. The first-order chi connectivity index (χ1) is 10.2. The van der Waals surface area contributed by atoms with Gasteiger partial charge in [-0.25, -0.2) is 0 Å². The molecule has 1 aromatic heterocycles. The summed E-state index contributed by atoms with van der Waals surface area (Å²) in [7, 11) is 1.73. The second kappa shape index (κ2) is 6.82. The molecule has 21 heavy (non-hydrogen) atoms. The van der Waals surface area contributed by atoms with E-state index in [0.717, 1.165) is 35.9 Å². The maximum Gasteiger partial charge on any atom is 0.119 e. The molecule has 0 saturated carbocycles. The predicted octanol–water partition coefficient (Wildman–Crippen LogP) is 4.10. The summed E-state index contributed by atoms with van der Waals surface area (Å²) in [5.41, 5.74) is 2.90. The summed E-state index contributed by atoms with van der Waals surface area (Å²) >= 11 is 7.64. The van der Waals surface area contributed by atoms with E-state index in [1.54, 1.807) is 18.4 Å². The zero-order valence-corrected chi connectivity index (χ0v) is 13.8. The van der Waals surface area contributed by atoms with Crippen molar-refractivity contribution < 1.29 is 4.74 Å². The van der Waals surface area contributed by atoms with Crippen molar-refractivity contribution in [1.29, 1.82) is 0 Å². The van der Waals surface area contributed by atoms with E-state index >= 15 is 0 Å². The van der Waals surface area contributed by atoms with Crippen LogP contribution in [0.3, 0.4) is 0 Å². The molecule has 1 atom stereocenters. The molecule has 1 aliphatic carbocycles. The van der Waals surface area contributed by atoms with Crippen LogP contribution in [0.4, 0.5) is 0 Å². The molecule has 0 amide bonds. The molecular weight excluding hydrogens is 302 g/mol. The summed E-state index contributed by atoms with van der Waals surface area (Å²) < 4.78 is 6.20. The molecule has 4 heteroatoms. The summed E-state index contributed by atoms with van der Waals surface area (Å²) in [5.74, 6) is 0.961. The number of hydrogen-bond donors (Lipinski definition) is 1. The summed E-state index contributed by atoms with van der Waals surface area (Å²) in [6.07, 6.45) is 4.52. The highest BCUT2D eigenvalue weighted by molar-refractivity contribution is 7.16. The van der Waals surface area contributed by atoms with Crippen molar-refractivity contribution in [2.75, 3.05) is 13.7 Å². The van der Waals surface area contributed by atoms with E-state index in [1.165, 1.54) is 22.4 Å². The number of thiophene rings is 1. The number of halogens is 1. The van der Waals surface area contributed by atoms with Crippen LogP contribution in [0.15, 0.2) is 30.3 Å². The summed E-state index contributed by atoms with van der Waals surface area (Å²) in [4.78, 5) is 1.35. The average Bonchev–Trinajstić information content (AvgIpc) is 2.92. The van der Waals surface area contributed by atoms with E-state index in [2.05, 4.69) is 29.6 Å². The minimum atomic E-state index is 0.569. The van der Waals surface area contributed by atoms with E-state index in [0.29, 0.717) is 6.04 Å². The minimum Gasteiger partial charge on any atom is -0.497 e. The zero-order valence-electron chi connectivity index (χ0n) is 12.2. The van der Waals surface area contributed by atoms with Gasteiger partial charge in [0.15, 0.2) is 0 Å². The van der Waals surface area contributed by atoms with Crippen molar-refractivity contribution in [1.82, 2.24) is 5.32 Å². The molecule has 3 rings (SSSR count). The number of aryl methyl sites for hydroxylation is 1. The number of methoxy groups -OCH3 is 1. The molecule has 0 radical (unpaired) electrons. The van der Waals surface area contributed by atoms with Gasteiger partial charge in [-0.05, 0) is 61.1 Å². The average molecular weight is 322 g/mol. The number of ether oxygens (including phenoxy) is 1. The Labute approximate surface area is 135 Å². The van der Waals surface area contributed by atoms with Crippen LogP contribution in [0.1, 0.15) is 22.4 Å². The van der Waals surface area contributed by atoms with Gasteiger partial charge >= 0.3 is 0 Å². The normalized spacial score (nSPS) is 17.5. The van der Waals surface area contributed by atoms with Crippen LogP contribution in [0.5, 0.6) is 5.75 Å². The Morgan fingerprint density at radius 2 is 2.19 bits per heavy atom. The highest BCUT2D eigenvalue weighted by Gasteiger charge is 2.18. The molecule has 2 aromatic rings. The van der Waals surface area contributed by atoms with Crippen LogP contribution < -0.4 is 10.1 Å². The maximum atomic E-state index is 5.96. The lowest BCUT2D eigenvalue weighted by Gasteiger charge is -2.26. The second-order valence-corrected chi connectivity index (χ2v) is 7.28. The molecule has 1 unspecified atom stereocenters. The van der Waals surface area contributed by atoms with Gasteiger partial charge in [0.25, 0.3) is 0 Å². The Morgan fingerprint density at radius 1 is 1.29 bits per heavy atom. The predicted molar refractivity (Wildman–Crippen MR) is 89.8 cm³/mol. The fraction of sp³-hybridized carbons (Fsp3) is 0.412. The zero-order chi connectivity index (χ0) is 14.7. The molecule has 1 aliphatic rings. The molecule has 112 valence electrons. The molecule has 1 aromatic carbocycles. The lowest BCUT2D eigenvalue weighted by atomic mass is 9.88. The molecule has 0 fully saturated rings. The van der Waals surface area contributed by atoms with Gasteiger partial charge < -0.3 is 10.1 Å². The Hall–Kier alpha value is -1.03. The van der Waals surface area contributed by atoms with Crippen LogP contribution in [0.25, 0.3) is 0 Å². The molecule has 1 heterocycles. The van der Waals surface area contributed by atoms with Crippen molar-refractivity contribution >= 4 is 22.9 Å². The molecule has 2 nitrogen and oxygen atoms in total. The third-order valence-electron chi connectivity index (χ3n) is 4.08. The van der Waals surface area contributed by atoms with Crippen molar-refractivity contribution in [3.63, 3.8) is 0 Å². The minimum absolute atomic E-state index is 0.569. The molecule has 0 bridgehead atoms. The lowest BCUT2D eigenvalue weighted by molar-refractivity contribution is 0.411. The smallest absolute Gasteiger partial charge is 0.119 e. The standard InChI is InChI=1S/C17H20ClNOS/c1-20-15-5-3-12-2-4-14(10-13(12)11-15)19-9-8-16-6-7-17(18)21-16/h3,5-7,11,14,19H,2,4,8-10H2,1H3. The van der Waals surface area contributed by atoms with Crippen molar-refractivity contribution in [3.8, 4) is 5.75 Å². The molecule has 1 N–H and O–H groups in total. The molecular formula is C17H20ClNOS. The largest absolute Gasteiger partial charge is 0.497 e. The van der Waals surface area contributed by atoms with Gasteiger partial charge in [0.05, 0.1) is 11.4 Å². The first-order valence-electron chi connectivity index (χ1n) is 7.38. The fourth-order valence-electron chi connectivity index (χ4n) is 2.92. The van der Waals surface area contributed by atoms with E-state index in [4.69, 9.17) is 16.3 Å². The van der Waals surface area contributed by atoms with Crippen molar-refractivity contribution in [2.45, 2.75) is 31.7 Å². The Balaban J connectivity index is 1.53. The van der Waals surface area contributed by atoms with Crippen LogP contribution in [0.2, 0.25) is 4.34 Å². The van der Waals surface area contributed by atoms with Crippen molar-refractivity contribution in [3.05, 3.63) is 50.7 Å². The fourth-order valence-corrected chi connectivity index (χ4v) is 4.01. The van der Waals surface area contributed by atoms with Gasteiger partial charge in [-0.3, -0.25) is 0 Å². The van der Waals surface area contributed by atoms with Gasteiger partial charge in [-0.15, -0.1) is 11.3 Å². The quantitative estimate of drug-likeness (QED) is 0.895. The molecule has 0 saturated heterocycles. The number of rotatable bonds is 5. The summed E-state index contributed by atoms with van der Waals surface area (Å²) in [6.45, 7) is 1.01. The van der Waals surface area contributed by atoms with E-state index in [-0.39, 0.29) is 0 Å². The second-order valence-electron chi connectivity index (χ2n) is 5.48. The van der Waals surface area contributed by atoms with Crippen molar-refractivity contribution in [2.24, 2.45) is 0 Å². The summed E-state index contributed by atoms with van der Waals surface area (Å²) in [5, 5.41) is 3.68. The highest BCUT2D eigenvalue weighted by Crippen LogP contribution is 2.26. The van der Waals surface area contributed by atoms with E-state index < -0.39 is 0 Å². The van der Waals surface area contributed by atoms with E-state index in [1.807, 2.05) is 6.07 Å². The number of benzene rings is 1. The maximum absolute atomic E-state index is 5.96. The van der Waals surface area contributed by atoms with E-state index in [9.17, 15) is 0 Å². The Bertz CT molecular complexity index is 611. The van der Waals surface area contributed by atoms with Crippen LogP contribution in [0, 0.1) is 0 Å². The Kier molecular flexibility index (Phi) is 4.84. The van der Waals surface area contributed by atoms with Gasteiger partial charge in [0.2, 0.25) is 0 Å². The number of fused-ring (bicyclic) bond motifs is 1. The van der Waals surface area contributed by atoms with Crippen LogP contribution >= 0.6 is 22.9 Å². The lowest BCUT2D eigenvalue weighted by Crippen LogP contribution is -2.35. The molecule has 0 spiro atoms. The van der Waals surface area contributed by atoms with Gasteiger partial charge in [-0.2, -0.15) is 0 Å². The number of nitrogens with one attached hydrogen (secondary N) is 1. The third-order valence-corrected chi connectivity index (χ3v) is 5.37. The Morgan fingerprint density at radius 3 is 2.95 bits per heavy atom. The molecule has 0 aliphatic heterocycles. The summed E-state index contributed by atoms with van der Waals surface area (Å²) in [6, 6.07) is 11.1. The van der Waals surface area contributed by atoms with Gasteiger partial charge in [-0.1, -0.05) is 17.7 Å². The number of hydrogen-bond acceptors (Lipinski definition) is 3. The van der Waals surface area contributed by atoms with Crippen LogP contribution in [-0.4, -0.2) is 19.7 Å². The monoisotopic (exact) mass is 321 g/mol. The van der Waals surface area contributed by atoms with Crippen LogP contribution in [-0.2, 0) is 19.3 Å². The van der Waals surface area contributed by atoms with Gasteiger partial charge in [0.1, 0.15) is 5.75 Å². The van der Waals surface area contributed by atoms with Gasteiger partial charge in [0, 0.05) is 17.5 Å².